The van der Waals surface area contributed by atoms with E-state index >= 15 is 0 Å². The Morgan fingerprint density at radius 2 is 1.93 bits per heavy atom. The number of carbonyl (C=O) groups is 2. The molecule has 2 amide bonds. The maximum absolute atomic E-state index is 13.0. The third-order valence-corrected chi connectivity index (χ3v) is 5.15. The fourth-order valence-electron chi connectivity index (χ4n) is 2.43. The van der Waals surface area contributed by atoms with Gasteiger partial charge in [-0.3, -0.25) is 14.5 Å². The highest BCUT2D eigenvalue weighted by atomic mass is 79.9. The first-order chi connectivity index (χ1) is 13.0. The van der Waals surface area contributed by atoms with Crippen molar-refractivity contribution in [3.8, 4) is 5.75 Å². The van der Waals surface area contributed by atoms with E-state index in [4.69, 9.17) is 4.74 Å². The zero-order valence-electron chi connectivity index (χ0n) is 14.2. The average Bonchev–Trinajstić information content (AvgIpc) is 2.90. The Morgan fingerprint density at radius 1 is 1.19 bits per heavy atom. The van der Waals surface area contributed by atoms with E-state index < -0.39 is 0 Å². The summed E-state index contributed by atoms with van der Waals surface area (Å²) < 4.78 is 19.7. The van der Waals surface area contributed by atoms with Crippen LogP contribution in [-0.4, -0.2) is 22.6 Å². The molecule has 1 fully saturated rings. The van der Waals surface area contributed by atoms with Crippen LogP contribution in [0.4, 0.5) is 9.18 Å². The number of imide groups is 1. The summed E-state index contributed by atoms with van der Waals surface area (Å²) >= 11 is 4.29. The van der Waals surface area contributed by atoms with Crippen LogP contribution < -0.4 is 4.74 Å². The van der Waals surface area contributed by atoms with Gasteiger partial charge in [-0.25, -0.2) is 4.39 Å². The predicted octanol–water partition coefficient (Wildman–Crippen LogP) is 5.39. The van der Waals surface area contributed by atoms with Gasteiger partial charge in [0.05, 0.1) is 4.91 Å². The molecule has 1 aliphatic heterocycles. The van der Waals surface area contributed by atoms with E-state index in [1.54, 1.807) is 24.3 Å². The molecular weight excluding hydrogens is 433 g/mol. The number of benzene rings is 2. The monoisotopic (exact) mass is 447 g/mol. The minimum absolute atomic E-state index is 0.175. The predicted molar refractivity (Wildman–Crippen MR) is 108 cm³/mol. The molecule has 0 aliphatic carbocycles. The lowest BCUT2D eigenvalue weighted by Crippen LogP contribution is -2.27. The third-order valence-electron chi connectivity index (χ3n) is 3.75. The third kappa shape index (κ3) is 4.67. The van der Waals surface area contributed by atoms with Crippen LogP contribution in [0.15, 0.2) is 64.5 Å². The molecule has 2 aromatic rings. The van der Waals surface area contributed by atoms with Gasteiger partial charge in [0, 0.05) is 16.6 Å². The number of halogens is 2. The maximum atomic E-state index is 13.0. The number of hydrogen-bond donors (Lipinski definition) is 0. The molecule has 0 saturated carbocycles. The number of thioether (sulfide) groups is 1. The molecule has 2 aromatic carbocycles. The second kappa shape index (κ2) is 8.54. The van der Waals surface area contributed by atoms with E-state index in [0.717, 1.165) is 26.7 Å². The maximum Gasteiger partial charge on any atom is 0.293 e. The van der Waals surface area contributed by atoms with Crippen molar-refractivity contribution in [2.75, 3.05) is 6.54 Å². The standard InChI is InChI=1S/C20H15BrFNO3S/c1-2-9-23-19(24)18(27-20(23)25)11-14-10-15(21)5-8-17(14)26-12-13-3-6-16(22)7-4-13/h2-8,10-11H,1,9,12H2/b18-11+. The SMILES string of the molecule is C=CCN1C(=O)S/C(=C/c2cc(Br)ccc2OCc2ccc(F)cc2)C1=O. The summed E-state index contributed by atoms with van der Waals surface area (Å²) in [6, 6.07) is 11.4. The van der Waals surface area contributed by atoms with Crippen LogP contribution in [0.25, 0.3) is 6.08 Å². The van der Waals surface area contributed by atoms with E-state index in [1.165, 1.54) is 18.2 Å². The summed E-state index contributed by atoms with van der Waals surface area (Å²) in [6.45, 7) is 3.99. The lowest BCUT2D eigenvalue weighted by molar-refractivity contribution is -0.122. The van der Waals surface area contributed by atoms with E-state index in [-0.39, 0.29) is 30.1 Å². The molecule has 1 aliphatic rings. The zero-order valence-corrected chi connectivity index (χ0v) is 16.6. The second-order valence-corrected chi connectivity index (χ2v) is 7.59. The molecule has 1 heterocycles. The highest BCUT2D eigenvalue weighted by molar-refractivity contribution is 9.10. The first-order valence-corrected chi connectivity index (χ1v) is 9.62. The normalized spacial score (nSPS) is 15.5. The highest BCUT2D eigenvalue weighted by Gasteiger charge is 2.34. The van der Waals surface area contributed by atoms with Crippen molar-refractivity contribution in [2.45, 2.75) is 6.61 Å². The van der Waals surface area contributed by atoms with E-state index in [9.17, 15) is 14.0 Å². The number of rotatable bonds is 6. The van der Waals surface area contributed by atoms with Gasteiger partial charge < -0.3 is 4.74 Å². The van der Waals surface area contributed by atoms with Crippen LogP contribution >= 0.6 is 27.7 Å². The minimum Gasteiger partial charge on any atom is -0.488 e. The smallest absolute Gasteiger partial charge is 0.293 e. The summed E-state index contributed by atoms with van der Waals surface area (Å²) in [5.41, 5.74) is 1.48. The molecule has 1 saturated heterocycles. The van der Waals surface area contributed by atoms with E-state index in [1.807, 2.05) is 12.1 Å². The van der Waals surface area contributed by atoms with Gasteiger partial charge in [-0.15, -0.1) is 6.58 Å². The molecule has 0 atom stereocenters. The van der Waals surface area contributed by atoms with Gasteiger partial charge in [-0.2, -0.15) is 0 Å². The molecule has 4 nitrogen and oxygen atoms in total. The number of amides is 2. The molecule has 27 heavy (non-hydrogen) atoms. The Bertz CT molecular complexity index is 927. The molecule has 0 spiro atoms. The highest BCUT2D eigenvalue weighted by Crippen LogP contribution is 2.35. The number of hydrogen-bond acceptors (Lipinski definition) is 4. The molecule has 7 heteroatoms. The van der Waals surface area contributed by atoms with Crippen molar-refractivity contribution in [1.82, 2.24) is 4.90 Å². The summed E-state index contributed by atoms with van der Waals surface area (Å²) in [5.74, 6) is -0.106. The van der Waals surface area contributed by atoms with Crippen molar-refractivity contribution >= 4 is 44.9 Å². The van der Waals surface area contributed by atoms with Crippen molar-refractivity contribution in [1.29, 1.82) is 0 Å². The number of ether oxygens (including phenoxy) is 1. The average molecular weight is 448 g/mol. The molecule has 138 valence electrons. The molecule has 3 rings (SSSR count). The van der Waals surface area contributed by atoms with Gasteiger partial charge in [-0.05, 0) is 53.7 Å². The molecule has 0 radical (unpaired) electrons. The first-order valence-electron chi connectivity index (χ1n) is 8.01. The van der Waals surface area contributed by atoms with Crippen LogP contribution in [0.1, 0.15) is 11.1 Å². The topological polar surface area (TPSA) is 46.6 Å². The lowest BCUT2D eigenvalue weighted by Gasteiger charge is -2.11. The molecule has 0 N–H and O–H groups in total. The molecule has 0 aromatic heterocycles. The summed E-state index contributed by atoms with van der Waals surface area (Å²) in [4.78, 5) is 25.8. The Morgan fingerprint density at radius 3 is 2.63 bits per heavy atom. The van der Waals surface area contributed by atoms with Crippen LogP contribution in [0.5, 0.6) is 5.75 Å². The zero-order chi connectivity index (χ0) is 19.4. The van der Waals surface area contributed by atoms with Crippen molar-refractivity contribution in [3.63, 3.8) is 0 Å². The molecule has 0 bridgehead atoms. The first kappa shape index (κ1) is 19.4. The van der Waals surface area contributed by atoms with Gasteiger partial charge in [0.2, 0.25) is 0 Å². The Kier molecular flexibility index (Phi) is 6.13. The van der Waals surface area contributed by atoms with Crippen molar-refractivity contribution in [3.05, 3.63) is 81.4 Å². The summed E-state index contributed by atoms with van der Waals surface area (Å²) in [5, 5.41) is -0.324. The number of nitrogens with zero attached hydrogens (tertiary/aromatic N) is 1. The van der Waals surface area contributed by atoms with E-state index in [0.29, 0.717) is 16.2 Å². The Balaban J connectivity index is 1.84. The number of carbonyl (C=O) groups excluding carboxylic acids is 2. The minimum atomic E-state index is -0.352. The van der Waals surface area contributed by atoms with Crippen molar-refractivity contribution in [2.24, 2.45) is 0 Å². The fraction of sp³-hybridized carbons (Fsp3) is 0.100. The largest absolute Gasteiger partial charge is 0.488 e. The van der Waals surface area contributed by atoms with Gasteiger partial charge in [0.15, 0.2) is 0 Å². The molecular formula is C20H15BrFNO3S. The second-order valence-electron chi connectivity index (χ2n) is 5.68. The van der Waals surface area contributed by atoms with Gasteiger partial charge in [0.25, 0.3) is 11.1 Å². The van der Waals surface area contributed by atoms with E-state index in [2.05, 4.69) is 22.5 Å². The van der Waals surface area contributed by atoms with Gasteiger partial charge in [-0.1, -0.05) is 34.1 Å². The van der Waals surface area contributed by atoms with Crippen LogP contribution in [0, 0.1) is 5.82 Å². The molecule has 0 unspecified atom stereocenters. The van der Waals surface area contributed by atoms with Gasteiger partial charge >= 0.3 is 0 Å². The Hall–Kier alpha value is -2.38. The quantitative estimate of drug-likeness (QED) is 0.439. The lowest BCUT2D eigenvalue weighted by atomic mass is 10.1. The summed E-state index contributed by atoms with van der Waals surface area (Å²) in [6.07, 6.45) is 3.15. The van der Waals surface area contributed by atoms with Crippen LogP contribution in [0.2, 0.25) is 0 Å². The van der Waals surface area contributed by atoms with Crippen LogP contribution in [0.3, 0.4) is 0 Å². The summed E-state index contributed by atoms with van der Waals surface area (Å²) in [7, 11) is 0. The van der Waals surface area contributed by atoms with Crippen molar-refractivity contribution < 1.29 is 18.7 Å². The fourth-order valence-corrected chi connectivity index (χ4v) is 3.65. The van der Waals surface area contributed by atoms with Gasteiger partial charge in [0.1, 0.15) is 18.2 Å². The Labute approximate surface area is 168 Å². The van der Waals surface area contributed by atoms with Crippen LogP contribution in [-0.2, 0) is 11.4 Å².